The Labute approximate surface area is 160 Å². The van der Waals surface area contributed by atoms with Gasteiger partial charge >= 0.3 is 0 Å². The van der Waals surface area contributed by atoms with E-state index in [0.717, 1.165) is 28.0 Å². The van der Waals surface area contributed by atoms with E-state index in [1.54, 1.807) is 18.5 Å². The van der Waals surface area contributed by atoms with E-state index in [2.05, 4.69) is 20.3 Å². The van der Waals surface area contributed by atoms with E-state index in [1.807, 2.05) is 36.6 Å². The molecule has 0 saturated carbocycles. The van der Waals surface area contributed by atoms with Crippen molar-refractivity contribution in [1.82, 2.24) is 19.5 Å². The zero-order valence-electron chi connectivity index (χ0n) is 14.9. The number of anilines is 2. The van der Waals surface area contributed by atoms with E-state index in [0.29, 0.717) is 23.2 Å². The second-order valence-electron chi connectivity index (χ2n) is 6.18. The van der Waals surface area contributed by atoms with Crippen molar-refractivity contribution in [2.45, 2.75) is 20.4 Å². The minimum Gasteiger partial charge on any atom is -0.338 e. The maximum Gasteiger partial charge on any atom is 0.149 e. The molecule has 0 aliphatic heterocycles. The molecule has 0 aliphatic carbocycles. The van der Waals surface area contributed by atoms with E-state index in [1.165, 1.54) is 12.1 Å². The molecular weight excluding hydrogens is 365 g/mol. The molecule has 0 fully saturated rings. The largest absolute Gasteiger partial charge is 0.338 e. The first-order valence-corrected chi connectivity index (χ1v) is 8.94. The molecule has 3 aromatic heterocycles. The first kappa shape index (κ1) is 17.4. The van der Waals surface area contributed by atoms with E-state index < -0.39 is 0 Å². The number of aryl methyl sites for hydroxylation is 2. The molecule has 4 rings (SSSR count). The normalized spacial score (nSPS) is 11.1. The fourth-order valence-electron chi connectivity index (χ4n) is 2.97. The summed E-state index contributed by atoms with van der Waals surface area (Å²) < 4.78 is 15.6. The molecule has 0 radical (unpaired) electrons. The van der Waals surface area contributed by atoms with Gasteiger partial charge in [0.1, 0.15) is 17.5 Å². The molecule has 3 heterocycles. The van der Waals surface area contributed by atoms with E-state index in [-0.39, 0.29) is 5.82 Å². The van der Waals surface area contributed by atoms with Crippen LogP contribution in [0.4, 0.5) is 15.9 Å². The highest BCUT2D eigenvalue weighted by molar-refractivity contribution is 6.33. The van der Waals surface area contributed by atoms with Gasteiger partial charge in [0.25, 0.3) is 0 Å². The molecule has 136 valence electrons. The van der Waals surface area contributed by atoms with Crippen LogP contribution in [0.5, 0.6) is 0 Å². The van der Waals surface area contributed by atoms with Crippen molar-refractivity contribution in [2.75, 3.05) is 5.32 Å². The van der Waals surface area contributed by atoms with Gasteiger partial charge in [0.2, 0.25) is 0 Å². The fraction of sp³-hybridized carbons (Fsp3) is 0.150. The number of nitrogens with zero attached hydrogens (tertiary/aromatic N) is 4. The minimum absolute atomic E-state index is 0.286. The van der Waals surface area contributed by atoms with Gasteiger partial charge in [0.15, 0.2) is 0 Å². The molecule has 1 aromatic carbocycles. The van der Waals surface area contributed by atoms with Gasteiger partial charge in [0, 0.05) is 24.0 Å². The summed E-state index contributed by atoms with van der Waals surface area (Å²) in [5, 5.41) is 3.63. The Kier molecular flexibility index (Phi) is 4.49. The van der Waals surface area contributed by atoms with Crippen molar-refractivity contribution in [1.29, 1.82) is 0 Å². The quantitative estimate of drug-likeness (QED) is 0.517. The van der Waals surface area contributed by atoms with Crippen molar-refractivity contribution in [3.05, 3.63) is 65.3 Å². The maximum absolute atomic E-state index is 13.6. The van der Waals surface area contributed by atoms with Crippen molar-refractivity contribution < 1.29 is 4.39 Å². The van der Waals surface area contributed by atoms with Crippen LogP contribution in [-0.2, 0) is 6.54 Å². The van der Waals surface area contributed by atoms with Crippen molar-refractivity contribution in [3.63, 3.8) is 0 Å². The van der Waals surface area contributed by atoms with Gasteiger partial charge < -0.3 is 9.88 Å². The second-order valence-corrected chi connectivity index (χ2v) is 6.59. The lowest BCUT2D eigenvalue weighted by Crippen LogP contribution is -2.00. The Morgan fingerprint density at radius 2 is 1.96 bits per heavy atom. The number of halogens is 2. The number of fused-ring (bicyclic) bond motifs is 1. The first-order chi connectivity index (χ1) is 13.0. The summed E-state index contributed by atoms with van der Waals surface area (Å²) in [5.41, 5.74) is 3.99. The van der Waals surface area contributed by atoms with Crippen LogP contribution >= 0.6 is 11.6 Å². The van der Waals surface area contributed by atoms with Gasteiger partial charge in [-0.3, -0.25) is 4.98 Å². The molecule has 0 spiro atoms. The van der Waals surface area contributed by atoms with Crippen LogP contribution in [0, 0.1) is 12.7 Å². The molecule has 1 N–H and O–H groups in total. The molecule has 0 unspecified atom stereocenters. The standard InChI is InChI=1S/C20H17ClFN5/c1-3-27-18-9-14(22)5-7-17(18)26-20(27)13-8-16(21)19(24-10-13)25-15-6-4-12(2)23-11-15/h4-11H,3H2,1-2H3,(H,24,25). The average molecular weight is 382 g/mol. The number of benzene rings is 1. The van der Waals surface area contributed by atoms with Crippen LogP contribution in [0.2, 0.25) is 5.02 Å². The molecule has 7 heteroatoms. The number of rotatable bonds is 4. The summed E-state index contributed by atoms with van der Waals surface area (Å²) in [5.74, 6) is 0.957. The summed E-state index contributed by atoms with van der Waals surface area (Å²) >= 11 is 6.44. The van der Waals surface area contributed by atoms with Gasteiger partial charge in [0.05, 0.1) is 27.9 Å². The van der Waals surface area contributed by atoms with Gasteiger partial charge in [-0.25, -0.2) is 14.4 Å². The van der Waals surface area contributed by atoms with Gasteiger partial charge in [-0.1, -0.05) is 11.6 Å². The number of imidazole rings is 1. The summed E-state index contributed by atoms with van der Waals surface area (Å²) in [6.45, 7) is 4.57. The number of nitrogens with one attached hydrogen (secondary N) is 1. The maximum atomic E-state index is 13.6. The highest BCUT2D eigenvalue weighted by Crippen LogP contribution is 2.30. The molecule has 4 aromatic rings. The smallest absolute Gasteiger partial charge is 0.149 e. The van der Waals surface area contributed by atoms with Crippen molar-refractivity contribution in [3.8, 4) is 11.4 Å². The number of aromatic nitrogens is 4. The van der Waals surface area contributed by atoms with Gasteiger partial charge in [-0.2, -0.15) is 0 Å². The van der Waals surface area contributed by atoms with Crippen LogP contribution in [0.25, 0.3) is 22.4 Å². The molecule has 5 nitrogen and oxygen atoms in total. The minimum atomic E-state index is -0.286. The molecule has 0 atom stereocenters. The Bertz CT molecular complexity index is 1120. The summed E-state index contributed by atoms with van der Waals surface area (Å²) in [6.07, 6.45) is 3.44. The Hall–Kier alpha value is -2.99. The highest BCUT2D eigenvalue weighted by Gasteiger charge is 2.14. The number of hydrogen-bond acceptors (Lipinski definition) is 4. The monoisotopic (exact) mass is 381 g/mol. The third-order valence-corrected chi connectivity index (χ3v) is 4.59. The third kappa shape index (κ3) is 3.36. The average Bonchev–Trinajstić information content (AvgIpc) is 3.02. The number of hydrogen-bond donors (Lipinski definition) is 1. The number of pyridine rings is 2. The van der Waals surface area contributed by atoms with Gasteiger partial charge in [-0.15, -0.1) is 0 Å². The summed E-state index contributed by atoms with van der Waals surface area (Å²) in [4.78, 5) is 13.3. The SMILES string of the molecule is CCn1c(-c2cnc(Nc3ccc(C)nc3)c(Cl)c2)nc2ccc(F)cc21. The molecular formula is C20H17ClFN5. The Balaban J connectivity index is 1.72. The predicted molar refractivity (Wildman–Crippen MR) is 106 cm³/mol. The van der Waals surface area contributed by atoms with Crippen LogP contribution in [0.3, 0.4) is 0 Å². The van der Waals surface area contributed by atoms with Crippen LogP contribution in [0.1, 0.15) is 12.6 Å². The fourth-order valence-corrected chi connectivity index (χ4v) is 3.18. The van der Waals surface area contributed by atoms with Gasteiger partial charge in [-0.05, 0) is 50.2 Å². The molecule has 0 amide bonds. The lowest BCUT2D eigenvalue weighted by Gasteiger charge is -2.10. The van der Waals surface area contributed by atoms with Crippen LogP contribution in [-0.4, -0.2) is 19.5 Å². The van der Waals surface area contributed by atoms with E-state index in [9.17, 15) is 4.39 Å². The first-order valence-electron chi connectivity index (χ1n) is 8.56. The zero-order valence-corrected chi connectivity index (χ0v) is 15.6. The van der Waals surface area contributed by atoms with Crippen molar-refractivity contribution >= 4 is 34.1 Å². The highest BCUT2D eigenvalue weighted by atomic mass is 35.5. The van der Waals surface area contributed by atoms with Crippen LogP contribution in [0.15, 0.2) is 48.8 Å². The predicted octanol–water partition coefficient (Wildman–Crippen LogP) is 5.36. The Morgan fingerprint density at radius 3 is 2.67 bits per heavy atom. The van der Waals surface area contributed by atoms with E-state index >= 15 is 0 Å². The molecule has 27 heavy (non-hydrogen) atoms. The summed E-state index contributed by atoms with van der Waals surface area (Å²) in [7, 11) is 0. The molecule has 0 aliphatic rings. The molecule has 0 saturated heterocycles. The molecule has 0 bridgehead atoms. The van der Waals surface area contributed by atoms with Crippen molar-refractivity contribution in [2.24, 2.45) is 0 Å². The lowest BCUT2D eigenvalue weighted by atomic mass is 10.2. The lowest BCUT2D eigenvalue weighted by molar-refractivity contribution is 0.628. The zero-order chi connectivity index (χ0) is 19.0. The van der Waals surface area contributed by atoms with E-state index in [4.69, 9.17) is 11.6 Å². The second kappa shape index (κ2) is 6.96. The third-order valence-electron chi connectivity index (χ3n) is 4.30. The summed E-state index contributed by atoms with van der Waals surface area (Å²) in [6, 6.07) is 10.2. The van der Waals surface area contributed by atoms with Crippen LogP contribution < -0.4 is 5.32 Å². The Morgan fingerprint density at radius 1 is 1.11 bits per heavy atom. The topological polar surface area (TPSA) is 55.6 Å².